The van der Waals surface area contributed by atoms with Crippen LogP contribution in [-0.4, -0.2) is 6.29 Å². The Morgan fingerprint density at radius 3 is 2.31 bits per heavy atom. The quantitative estimate of drug-likeness (QED) is 0.430. The summed E-state index contributed by atoms with van der Waals surface area (Å²) in [5, 5.41) is 0. The van der Waals surface area contributed by atoms with E-state index in [0.29, 0.717) is 0 Å². The number of aldehydes is 1. The molecule has 0 aromatic heterocycles. The Bertz CT molecular complexity index is 244. The smallest absolute Gasteiger partial charge is 0.123 e. The van der Waals surface area contributed by atoms with E-state index in [1.54, 1.807) is 0 Å². The second-order valence-corrected chi connectivity index (χ2v) is 4.75. The van der Waals surface area contributed by atoms with Crippen molar-refractivity contribution in [3.63, 3.8) is 0 Å². The third kappa shape index (κ3) is 8.46. The second kappa shape index (κ2) is 9.38. The van der Waals surface area contributed by atoms with E-state index in [1.807, 2.05) is 0 Å². The van der Waals surface area contributed by atoms with Crippen molar-refractivity contribution in [2.45, 2.75) is 59.8 Å². The molecule has 0 spiro atoms. The van der Waals surface area contributed by atoms with Crippen LogP contribution in [0.25, 0.3) is 0 Å². The highest BCUT2D eigenvalue weighted by molar-refractivity contribution is 5.53. The maximum Gasteiger partial charge on any atom is 0.123 e. The lowest BCUT2D eigenvalue weighted by Crippen LogP contribution is -1.98. The van der Waals surface area contributed by atoms with Gasteiger partial charge in [-0.2, -0.15) is 0 Å². The predicted molar refractivity (Wildman–Crippen MR) is 71.5 cm³/mol. The van der Waals surface area contributed by atoms with Crippen molar-refractivity contribution >= 4 is 6.29 Å². The van der Waals surface area contributed by atoms with Crippen LogP contribution >= 0.6 is 0 Å². The summed E-state index contributed by atoms with van der Waals surface area (Å²) in [6, 6.07) is 0. The molecule has 0 radical (unpaired) electrons. The van der Waals surface area contributed by atoms with Crippen LogP contribution in [0.15, 0.2) is 23.3 Å². The van der Waals surface area contributed by atoms with Crippen LogP contribution in [-0.2, 0) is 4.79 Å². The Hall–Kier alpha value is -0.850. The maximum atomic E-state index is 10.6. The topological polar surface area (TPSA) is 17.1 Å². The van der Waals surface area contributed by atoms with E-state index < -0.39 is 0 Å². The molecule has 1 unspecified atom stereocenters. The zero-order valence-corrected chi connectivity index (χ0v) is 11.3. The summed E-state index contributed by atoms with van der Waals surface area (Å²) in [4.78, 5) is 10.6. The van der Waals surface area contributed by atoms with Gasteiger partial charge in [-0.3, -0.25) is 0 Å². The van der Waals surface area contributed by atoms with Gasteiger partial charge in [0.15, 0.2) is 0 Å². The van der Waals surface area contributed by atoms with Crippen molar-refractivity contribution in [2.24, 2.45) is 5.92 Å². The highest BCUT2D eigenvalue weighted by Gasteiger charge is 2.01. The molecule has 0 saturated carbocycles. The lowest BCUT2D eigenvalue weighted by molar-refractivity contribution is -0.111. The summed E-state index contributed by atoms with van der Waals surface area (Å²) < 4.78 is 0. The highest BCUT2D eigenvalue weighted by Crippen LogP contribution is 2.12. The number of allylic oxidation sites excluding steroid dienone is 4. The molecular weight excluding hydrogens is 196 g/mol. The van der Waals surface area contributed by atoms with E-state index in [4.69, 9.17) is 0 Å². The Labute approximate surface area is 101 Å². The number of carbonyl (C=O) groups excluding carboxylic acids is 1. The van der Waals surface area contributed by atoms with Gasteiger partial charge in [-0.15, -0.1) is 0 Å². The summed E-state index contributed by atoms with van der Waals surface area (Å²) >= 11 is 0. The molecule has 92 valence electrons. The molecule has 0 saturated heterocycles. The maximum absolute atomic E-state index is 10.6. The minimum atomic E-state index is 0.252. The first-order valence-electron chi connectivity index (χ1n) is 6.34. The van der Waals surface area contributed by atoms with Gasteiger partial charge in [0.05, 0.1) is 0 Å². The first-order chi connectivity index (χ1) is 7.60. The van der Waals surface area contributed by atoms with Gasteiger partial charge in [0, 0.05) is 5.92 Å². The first-order valence-corrected chi connectivity index (χ1v) is 6.34. The molecule has 0 aliphatic rings. The first kappa shape index (κ1) is 15.2. The molecular formula is C15H26O. The van der Waals surface area contributed by atoms with Crippen LogP contribution in [0.4, 0.5) is 0 Å². The van der Waals surface area contributed by atoms with Crippen molar-refractivity contribution in [1.29, 1.82) is 0 Å². The normalized spacial score (nSPS) is 13.4. The van der Waals surface area contributed by atoms with Crippen molar-refractivity contribution < 1.29 is 4.79 Å². The van der Waals surface area contributed by atoms with Crippen molar-refractivity contribution in [3.05, 3.63) is 23.3 Å². The van der Waals surface area contributed by atoms with Crippen molar-refractivity contribution in [2.75, 3.05) is 0 Å². The molecule has 1 atom stereocenters. The Kier molecular flexibility index (Phi) is 8.88. The zero-order chi connectivity index (χ0) is 12.4. The van der Waals surface area contributed by atoms with Crippen LogP contribution in [0.1, 0.15) is 59.8 Å². The van der Waals surface area contributed by atoms with Crippen LogP contribution in [0, 0.1) is 5.92 Å². The fraction of sp³-hybridized carbons (Fsp3) is 0.667. The van der Waals surface area contributed by atoms with E-state index in [9.17, 15) is 4.79 Å². The Balaban J connectivity index is 3.78. The molecule has 0 heterocycles. The summed E-state index contributed by atoms with van der Waals surface area (Å²) in [6.45, 7) is 8.52. The molecule has 16 heavy (non-hydrogen) atoms. The number of hydrogen-bond acceptors (Lipinski definition) is 1. The van der Waals surface area contributed by atoms with E-state index in [2.05, 4.69) is 39.8 Å². The van der Waals surface area contributed by atoms with Gasteiger partial charge < -0.3 is 4.79 Å². The molecule has 0 N–H and O–H groups in total. The van der Waals surface area contributed by atoms with Crippen molar-refractivity contribution in [3.8, 4) is 0 Å². The molecule has 0 aliphatic carbocycles. The Morgan fingerprint density at radius 2 is 1.81 bits per heavy atom. The van der Waals surface area contributed by atoms with Crippen LogP contribution in [0.3, 0.4) is 0 Å². The number of rotatable bonds is 8. The molecule has 0 fully saturated rings. The fourth-order valence-electron chi connectivity index (χ4n) is 1.60. The SMILES string of the molecule is CCC(C=O)CCC=C(C)CCC=C(C)C. The molecule has 0 aromatic rings. The van der Waals surface area contributed by atoms with E-state index in [1.165, 1.54) is 11.1 Å². The van der Waals surface area contributed by atoms with E-state index in [0.717, 1.165) is 38.4 Å². The zero-order valence-electron chi connectivity index (χ0n) is 11.3. The molecule has 0 aromatic carbocycles. The lowest BCUT2D eigenvalue weighted by atomic mass is 10.0. The van der Waals surface area contributed by atoms with Gasteiger partial charge in [0.2, 0.25) is 0 Å². The second-order valence-electron chi connectivity index (χ2n) is 4.75. The average Bonchev–Trinajstić information content (AvgIpc) is 2.24. The minimum absolute atomic E-state index is 0.252. The van der Waals surface area contributed by atoms with E-state index in [-0.39, 0.29) is 5.92 Å². The van der Waals surface area contributed by atoms with Crippen LogP contribution in [0.2, 0.25) is 0 Å². The lowest BCUT2D eigenvalue weighted by Gasteiger charge is -2.04. The van der Waals surface area contributed by atoms with Gasteiger partial charge in [0.1, 0.15) is 6.29 Å². The summed E-state index contributed by atoms with van der Waals surface area (Å²) in [5.74, 6) is 0.252. The van der Waals surface area contributed by atoms with E-state index >= 15 is 0 Å². The largest absolute Gasteiger partial charge is 0.303 e. The van der Waals surface area contributed by atoms with Crippen LogP contribution in [0.5, 0.6) is 0 Å². The monoisotopic (exact) mass is 222 g/mol. The molecule has 1 nitrogen and oxygen atoms in total. The Morgan fingerprint density at radius 1 is 1.12 bits per heavy atom. The molecule has 0 rings (SSSR count). The number of carbonyl (C=O) groups is 1. The minimum Gasteiger partial charge on any atom is -0.303 e. The predicted octanol–water partition coefficient (Wildman–Crippen LogP) is 4.68. The number of hydrogen-bond donors (Lipinski definition) is 0. The standard InChI is InChI=1S/C15H26O/c1-5-15(12-16)11-7-10-14(4)9-6-8-13(2)3/h8,10,12,15H,5-7,9,11H2,1-4H3. The van der Waals surface area contributed by atoms with Gasteiger partial charge in [-0.25, -0.2) is 0 Å². The van der Waals surface area contributed by atoms with Crippen molar-refractivity contribution in [1.82, 2.24) is 0 Å². The highest BCUT2D eigenvalue weighted by atomic mass is 16.1. The molecule has 0 bridgehead atoms. The molecule has 0 amide bonds. The summed E-state index contributed by atoms with van der Waals surface area (Å²) in [6.07, 6.45) is 10.9. The molecule has 0 aliphatic heterocycles. The van der Waals surface area contributed by atoms with Gasteiger partial charge in [-0.05, 0) is 52.9 Å². The van der Waals surface area contributed by atoms with Gasteiger partial charge in [-0.1, -0.05) is 30.2 Å². The van der Waals surface area contributed by atoms with Gasteiger partial charge >= 0.3 is 0 Å². The third-order valence-electron chi connectivity index (χ3n) is 2.84. The summed E-state index contributed by atoms with van der Waals surface area (Å²) in [7, 11) is 0. The average molecular weight is 222 g/mol. The third-order valence-corrected chi connectivity index (χ3v) is 2.84. The molecule has 1 heteroatoms. The van der Waals surface area contributed by atoms with Crippen LogP contribution < -0.4 is 0 Å². The fourth-order valence-corrected chi connectivity index (χ4v) is 1.60. The van der Waals surface area contributed by atoms with Gasteiger partial charge in [0.25, 0.3) is 0 Å². The summed E-state index contributed by atoms with van der Waals surface area (Å²) in [5.41, 5.74) is 2.83.